The summed E-state index contributed by atoms with van der Waals surface area (Å²) in [6, 6.07) is 14.4. The summed E-state index contributed by atoms with van der Waals surface area (Å²) in [6.45, 7) is 10.9. The van der Waals surface area contributed by atoms with Crippen LogP contribution in [0.2, 0.25) is 5.02 Å². The van der Waals surface area contributed by atoms with E-state index in [-0.39, 0.29) is 24.1 Å². The molecule has 1 heterocycles. The minimum Gasteiger partial charge on any atom is -0.484 e. The molecule has 4 N–H and O–H groups in total. The Balaban J connectivity index is 1.61. The Kier molecular flexibility index (Phi) is 10.3. The molecule has 2 aromatic carbocycles. The Labute approximate surface area is 240 Å². The van der Waals surface area contributed by atoms with Gasteiger partial charge in [0.05, 0.1) is 6.10 Å². The van der Waals surface area contributed by atoms with Crippen LogP contribution in [0.3, 0.4) is 0 Å². The van der Waals surface area contributed by atoms with Crippen LogP contribution >= 0.6 is 11.6 Å². The van der Waals surface area contributed by atoms with Gasteiger partial charge in [0.15, 0.2) is 18.2 Å². The van der Waals surface area contributed by atoms with Crippen molar-refractivity contribution >= 4 is 29.1 Å². The molecule has 214 valence electrons. The predicted molar refractivity (Wildman–Crippen MR) is 156 cm³/mol. The summed E-state index contributed by atoms with van der Waals surface area (Å²) in [5.74, 6) is -0.831. The molecule has 1 aliphatic rings. The highest BCUT2D eigenvalue weighted by molar-refractivity contribution is 6.31. The molecular formula is C31H38ClN3O5. The van der Waals surface area contributed by atoms with Crippen LogP contribution in [0.15, 0.2) is 71.1 Å². The molecule has 8 nitrogen and oxygen atoms in total. The minimum atomic E-state index is -0.658. The van der Waals surface area contributed by atoms with Crippen LogP contribution in [-0.4, -0.2) is 47.8 Å². The molecule has 0 spiro atoms. The lowest BCUT2D eigenvalue weighted by Crippen LogP contribution is -2.50. The molecule has 9 heteroatoms. The fourth-order valence-electron chi connectivity index (χ4n) is 4.82. The van der Waals surface area contributed by atoms with Gasteiger partial charge in [0.1, 0.15) is 5.75 Å². The molecule has 0 saturated heterocycles. The lowest BCUT2D eigenvalue weighted by molar-refractivity contribution is -0.123. The summed E-state index contributed by atoms with van der Waals surface area (Å²) < 4.78 is 5.68. The second-order valence-electron chi connectivity index (χ2n) is 10.7. The molecule has 0 saturated carbocycles. The topological polar surface area (TPSA) is 117 Å². The Morgan fingerprint density at radius 3 is 2.17 bits per heavy atom. The Morgan fingerprint density at radius 1 is 1.02 bits per heavy atom. The van der Waals surface area contributed by atoms with E-state index in [0.29, 0.717) is 52.0 Å². The van der Waals surface area contributed by atoms with Gasteiger partial charge in [-0.15, -0.1) is 0 Å². The number of ketones is 2. The standard InChI is InChI=1S/C31H38ClN3O5/c1-18-28(20(3)36)30(29(21(4)37)19(2)35-18)24-13-12-23(14-25(24)32)40-16-27(39)33-17-31(5,6)34-15-26(38)22-10-8-7-9-11-22/h7-14,26,30,34-35,38H,15-17H2,1-6H3,(H,33,39). The van der Waals surface area contributed by atoms with Crippen LogP contribution in [0.4, 0.5) is 0 Å². The fraction of sp³-hybridized carbons (Fsp3) is 0.387. The minimum absolute atomic E-state index is 0.152. The van der Waals surface area contributed by atoms with E-state index >= 15 is 0 Å². The number of carbonyl (C=O) groups excluding carboxylic acids is 3. The normalized spacial score (nSPS) is 15.0. The van der Waals surface area contributed by atoms with Gasteiger partial charge in [0.2, 0.25) is 0 Å². The number of hydrogen-bond acceptors (Lipinski definition) is 7. The number of rotatable bonds is 12. The lowest BCUT2D eigenvalue weighted by Gasteiger charge is -2.31. The number of hydrogen-bond donors (Lipinski definition) is 4. The van der Waals surface area contributed by atoms with Gasteiger partial charge in [0, 0.05) is 52.1 Å². The molecule has 1 aliphatic heterocycles. The molecule has 3 rings (SSSR count). The van der Waals surface area contributed by atoms with Crippen molar-refractivity contribution in [1.82, 2.24) is 16.0 Å². The highest BCUT2D eigenvalue weighted by atomic mass is 35.5. The molecule has 40 heavy (non-hydrogen) atoms. The van der Waals surface area contributed by atoms with Crippen molar-refractivity contribution in [2.24, 2.45) is 0 Å². The van der Waals surface area contributed by atoms with Crippen LogP contribution in [0.5, 0.6) is 5.75 Å². The smallest absolute Gasteiger partial charge is 0.258 e. The quantitative estimate of drug-likeness (QED) is 0.301. The maximum absolute atomic E-state index is 12.5. The van der Waals surface area contributed by atoms with E-state index in [0.717, 1.165) is 5.56 Å². The maximum atomic E-state index is 12.5. The molecule has 0 bridgehead atoms. The van der Waals surface area contributed by atoms with Gasteiger partial charge < -0.3 is 25.8 Å². The number of dihydropyridines is 1. The highest BCUT2D eigenvalue weighted by Crippen LogP contribution is 2.42. The van der Waals surface area contributed by atoms with Crippen molar-refractivity contribution in [3.8, 4) is 5.75 Å². The number of aliphatic hydroxyl groups is 1. The number of Topliss-reactive ketones (excluding diaryl/α,β-unsaturated/α-hetero) is 2. The number of halogens is 1. The Hall–Kier alpha value is -3.46. The summed E-state index contributed by atoms with van der Waals surface area (Å²) in [4.78, 5) is 37.6. The molecule has 1 unspecified atom stereocenters. The molecule has 0 fully saturated rings. The third-order valence-corrected chi connectivity index (χ3v) is 7.18. The summed E-state index contributed by atoms with van der Waals surface area (Å²) in [6.07, 6.45) is -0.658. The number of allylic oxidation sites excluding steroid dienone is 4. The molecular weight excluding hydrogens is 530 g/mol. The van der Waals surface area contributed by atoms with Crippen molar-refractivity contribution in [2.45, 2.75) is 59.1 Å². The first kappa shape index (κ1) is 31.1. The number of amides is 1. The van der Waals surface area contributed by atoms with Gasteiger partial charge >= 0.3 is 0 Å². The Morgan fingerprint density at radius 2 is 1.62 bits per heavy atom. The zero-order chi connectivity index (χ0) is 29.6. The molecule has 1 amide bonds. The number of ether oxygens (including phenoxy) is 1. The lowest BCUT2D eigenvalue weighted by atomic mass is 9.77. The van der Waals surface area contributed by atoms with Crippen LogP contribution in [-0.2, 0) is 14.4 Å². The van der Waals surface area contributed by atoms with Crippen LogP contribution in [0.1, 0.15) is 64.7 Å². The summed E-state index contributed by atoms with van der Waals surface area (Å²) >= 11 is 6.64. The van der Waals surface area contributed by atoms with E-state index in [1.54, 1.807) is 32.0 Å². The number of benzene rings is 2. The number of carbonyl (C=O) groups is 3. The molecule has 2 aromatic rings. The molecule has 0 aliphatic carbocycles. The number of nitrogens with one attached hydrogen (secondary N) is 3. The van der Waals surface area contributed by atoms with Gasteiger partial charge in [-0.25, -0.2) is 0 Å². The van der Waals surface area contributed by atoms with E-state index < -0.39 is 17.6 Å². The van der Waals surface area contributed by atoms with Crippen molar-refractivity contribution in [2.75, 3.05) is 19.7 Å². The predicted octanol–water partition coefficient (Wildman–Crippen LogP) is 4.35. The van der Waals surface area contributed by atoms with E-state index in [9.17, 15) is 19.5 Å². The van der Waals surface area contributed by atoms with Crippen LogP contribution in [0.25, 0.3) is 0 Å². The summed E-state index contributed by atoms with van der Waals surface area (Å²) in [7, 11) is 0. The van der Waals surface area contributed by atoms with Crippen molar-refractivity contribution < 1.29 is 24.2 Å². The maximum Gasteiger partial charge on any atom is 0.258 e. The largest absolute Gasteiger partial charge is 0.484 e. The average molecular weight is 568 g/mol. The summed E-state index contributed by atoms with van der Waals surface area (Å²) in [5, 5.41) is 20.0. The van der Waals surface area contributed by atoms with E-state index in [4.69, 9.17) is 16.3 Å². The number of β-amino-alcohol motifs (C(OH)–C–C–N with tert-alkyl or cyclic N) is 1. The molecule has 1 atom stereocenters. The van der Waals surface area contributed by atoms with Crippen molar-refractivity contribution in [3.05, 3.63) is 87.2 Å². The first-order valence-corrected chi connectivity index (χ1v) is 13.6. The SMILES string of the molecule is CC(=O)C1=C(C)NC(C)=C(C(C)=O)C1c1ccc(OCC(=O)NCC(C)(C)NCC(O)c2ccccc2)cc1Cl. The van der Waals surface area contributed by atoms with E-state index in [2.05, 4.69) is 16.0 Å². The van der Waals surface area contributed by atoms with Gasteiger partial charge in [-0.3, -0.25) is 14.4 Å². The number of aliphatic hydroxyl groups excluding tert-OH is 1. The molecule has 0 radical (unpaired) electrons. The third-order valence-electron chi connectivity index (χ3n) is 6.86. The van der Waals surface area contributed by atoms with Crippen LogP contribution in [0, 0.1) is 0 Å². The van der Waals surface area contributed by atoms with Gasteiger partial charge in [-0.1, -0.05) is 48.0 Å². The fourth-order valence-corrected chi connectivity index (χ4v) is 5.10. The van der Waals surface area contributed by atoms with Gasteiger partial charge in [-0.2, -0.15) is 0 Å². The highest BCUT2D eigenvalue weighted by Gasteiger charge is 2.34. The van der Waals surface area contributed by atoms with E-state index in [1.165, 1.54) is 13.8 Å². The average Bonchev–Trinajstić information content (AvgIpc) is 2.89. The zero-order valence-electron chi connectivity index (χ0n) is 23.9. The third kappa shape index (κ3) is 7.81. The van der Waals surface area contributed by atoms with Crippen molar-refractivity contribution in [1.29, 1.82) is 0 Å². The second kappa shape index (κ2) is 13.3. The molecule has 0 aromatic heterocycles. The van der Waals surface area contributed by atoms with Gasteiger partial charge in [0.25, 0.3) is 5.91 Å². The monoisotopic (exact) mass is 567 g/mol. The van der Waals surface area contributed by atoms with Crippen molar-refractivity contribution in [3.63, 3.8) is 0 Å². The van der Waals surface area contributed by atoms with Gasteiger partial charge in [-0.05, 0) is 64.8 Å². The summed E-state index contributed by atoms with van der Waals surface area (Å²) in [5.41, 5.74) is 3.29. The Bertz CT molecular complexity index is 1300. The zero-order valence-corrected chi connectivity index (χ0v) is 24.6. The second-order valence-corrected chi connectivity index (χ2v) is 11.1. The van der Waals surface area contributed by atoms with Crippen LogP contribution < -0.4 is 20.7 Å². The van der Waals surface area contributed by atoms with E-state index in [1.807, 2.05) is 44.2 Å². The first-order chi connectivity index (χ1) is 18.8. The first-order valence-electron chi connectivity index (χ1n) is 13.2.